The van der Waals surface area contributed by atoms with Gasteiger partial charge in [-0.3, -0.25) is 4.79 Å². The minimum absolute atomic E-state index is 0.0974. The molecule has 0 aliphatic carbocycles. The molecule has 0 unspecified atom stereocenters. The van der Waals surface area contributed by atoms with Gasteiger partial charge in [-0.1, -0.05) is 31.5 Å². The Morgan fingerprint density at radius 2 is 2.05 bits per heavy atom. The van der Waals surface area contributed by atoms with Crippen LogP contribution in [-0.4, -0.2) is 34.2 Å². The SMILES string of the molecule is CCCCN(C)C(=O)c1cc(N)n(-c2ccccc2)n1. The fourth-order valence-electron chi connectivity index (χ4n) is 1.97. The number of nitrogens with two attached hydrogens (primary N) is 1. The molecule has 106 valence electrons. The summed E-state index contributed by atoms with van der Waals surface area (Å²) >= 11 is 0. The lowest BCUT2D eigenvalue weighted by Crippen LogP contribution is -2.28. The molecule has 0 aliphatic heterocycles. The Hall–Kier alpha value is -2.30. The highest BCUT2D eigenvalue weighted by molar-refractivity contribution is 5.93. The molecule has 1 amide bonds. The summed E-state index contributed by atoms with van der Waals surface area (Å²) in [6, 6.07) is 11.2. The van der Waals surface area contributed by atoms with Crippen LogP contribution in [0.5, 0.6) is 0 Å². The zero-order valence-electron chi connectivity index (χ0n) is 11.9. The Bertz CT molecular complexity index is 577. The van der Waals surface area contributed by atoms with Gasteiger partial charge >= 0.3 is 0 Å². The maximum absolute atomic E-state index is 12.2. The van der Waals surface area contributed by atoms with Gasteiger partial charge in [0, 0.05) is 19.7 Å². The molecular weight excluding hydrogens is 252 g/mol. The van der Waals surface area contributed by atoms with Crippen molar-refractivity contribution in [3.05, 3.63) is 42.1 Å². The predicted molar refractivity (Wildman–Crippen MR) is 79.8 cm³/mol. The highest BCUT2D eigenvalue weighted by atomic mass is 16.2. The molecular formula is C15H20N4O. The maximum Gasteiger partial charge on any atom is 0.274 e. The quantitative estimate of drug-likeness (QED) is 0.908. The third-order valence-electron chi connectivity index (χ3n) is 3.15. The third-order valence-corrected chi connectivity index (χ3v) is 3.15. The van der Waals surface area contributed by atoms with Crippen molar-refractivity contribution < 1.29 is 4.79 Å². The number of aromatic nitrogens is 2. The molecule has 0 fully saturated rings. The lowest BCUT2D eigenvalue weighted by atomic mass is 10.3. The van der Waals surface area contributed by atoms with Crippen molar-refractivity contribution in [2.75, 3.05) is 19.3 Å². The lowest BCUT2D eigenvalue weighted by molar-refractivity contribution is 0.0787. The van der Waals surface area contributed by atoms with Crippen molar-refractivity contribution in [3.63, 3.8) is 0 Å². The van der Waals surface area contributed by atoms with Gasteiger partial charge in [0.05, 0.1) is 5.69 Å². The maximum atomic E-state index is 12.2. The lowest BCUT2D eigenvalue weighted by Gasteiger charge is -2.14. The fourth-order valence-corrected chi connectivity index (χ4v) is 1.97. The van der Waals surface area contributed by atoms with Crippen molar-refractivity contribution in [1.29, 1.82) is 0 Å². The number of anilines is 1. The second-order valence-electron chi connectivity index (χ2n) is 4.78. The van der Waals surface area contributed by atoms with Crippen LogP contribution in [0.1, 0.15) is 30.3 Å². The van der Waals surface area contributed by atoms with E-state index in [-0.39, 0.29) is 5.91 Å². The van der Waals surface area contributed by atoms with E-state index in [0.717, 1.165) is 25.1 Å². The normalized spacial score (nSPS) is 10.5. The number of amides is 1. The standard InChI is InChI=1S/C15H20N4O/c1-3-4-10-18(2)15(20)13-11-14(16)19(17-13)12-8-6-5-7-9-12/h5-9,11H,3-4,10,16H2,1-2H3. The van der Waals surface area contributed by atoms with Crippen LogP contribution in [0.3, 0.4) is 0 Å². The van der Waals surface area contributed by atoms with Crippen LogP contribution in [0.2, 0.25) is 0 Å². The van der Waals surface area contributed by atoms with E-state index in [4.69, 9.17) is 5.73 Å². The zero-order valence-corrected chi connectivity index (χ0v) is 11.9. The first-order valence-corrected chi connectivity index (χ1v) is 6.80. The molecule has 1 heterocycles. The molecule has 0 aliphatic rings. The Morgan fingerprint density at radius 3 is 2.70 bits per heavy atom. The van der Waals surface area contributed by atoms with E-state index >= 15 is 0 Å². The summed E-state index contributed by atoms with van der Waals surface area (Å²) in [6.07, 6.45) is 2.04. The highest BCUT2D eigenvalue weighted by Crippen LogP contribution is 2.15. The molecule has 1 aromatic carbocycles. The summed E-state index contributed by atoms with van der Waals surface area (Å²) in [5.41, 5.74) is 7.17. The molecule has 0 atom stereocenters. The minimum atomic E-state index is -0.0974. The van der Waals surface area contributed by atoms with Crippen LogP contribution in [0.25, 0.3) is 5.69 Å². The van der Waals surface area contributed by atoms with Gasteiger partial charge in [-0.15, -0.1) is 0 Å². The number of nitrogen functional groups attached to an aromatic ring is 1. The van der Waals surface area contributed by atoms with Crippen molar-refractivity contribution in [2.45, 2.75) is 19.8 Å². The van der Waals surface area contributed by atoms with Crippen LogP contribution in [0.15, 0.2) is 36.4 Å². The van der Waals surface area contributed by atoms with E-state index in [2.05, 4.69) is 12.0 Å². The predicted octanol–water partition coefficient (Wildman–Crippen LogP) is 2.33. The second kappa shape index (κ2) is 6.23. The summed E-state index contributed by atoms with van der Waals surface area (Å²) in [5, 5.41) is 4.31. The average molecular weight is 272 g/mol. The Balaban J connectivity index is 2.21. The number of carbonyl (C=O) groups excluding carboxylic acids is 1. The first kappa shape index (κ1) is 14.1. The third kappa shape index (κ3) is 2.99. The monoisotopic (exact) mass is 272 g/mol. The van der Waals surface area contributed by atoms with E-state index in [1.165, 1.54) is 0 Å². The van der Waals surface area contributed by atoms with Gasteiger partial charge in [-0.05, 0) is 18.6 Å². The summed E-state index contributed by atoms with van der Waals surface area (Å²) in [6.45, 7) is 2.83. The summed E-state index contributed by atoms with van der Waals surface area (Å²) < 4.78 is 1.58. The molecule has 2 rings (SSSR count). The van der Waals surface area contributed by atoms with Gasteiger partial charge < -0.3 is 10.6 Å². The molecule has 5 nitrogen and oxygen atoms in total. The highest BCUT2D eigenvalue weighted by Gasteiger charge is 2.17. The van der Waals surface area contributed by atoms with Crippen molar-refractivity contribution in [3.8, 4) is 5.69 Å². The van der Waals surface area contributed by atoms with Crippen LogP contribution < -0.4 is 5.73 Å². The molecule has 2 N–H and O–H groups in total. The number of benzene rings is 1. The minimum Gasteiger partial charge on any atom is -0.384 e. The first-order chi connectivity index (χ1) is 9.63. The zero-order chi connectivity index (χ0) is 14.5. The number of carbonyl (C=O) groups is 1. The van der Waals surface area contributed by atoms with Crippen LogP contribution in [-0.2, 0) is 0 Å². The summed E-state index contributed by atoms with van der Waals surface area (Å²) in [5.74, 6) is 0.364. The topological polar surface area (TPSA) is 64.2 Å². The summed E-state index contributed by atoms with van der Waals surface area (Å²) in [4.78, 5) is 13.9. The van der Waals surface area contributed by atoms with E-state index in [1.54, 1.807) is 22.7 Å². The van der Waals surface area contributed by atoms with E-state index in [9.17, 15) is 4.79 Å². The van der Waals surface area contributed by atoms with E-state index in [1.807, 2.05) is 30.3 Å². The molecule has 0 saturated carbocycles. The molecule has 0 radical (unpaired) electrons. The van der Waals surface area contributed by atoms with Crippen molar-refractivity contribution in [1.82, 2.24) is 14.7 Å². The summed E-state index contributed by atoms with van der Waals surface area (Å²) in [7, 11) is 1.79. The van der Waals surface area contributed by atoms with Gasteiger partial charge in [0.2, 0.25) is 0 Å². The number of hydrogen-bond donors (Lipinski definition) is 1. The van der Waals surface area contributed by atoms with Crippen LogP contribution >= 0.6 is 0 Å². The number of nitrogens with zero attached hydrogens (tertiary/aromatic N) is 3. The molecule has 2 aromatic rings. The number of para-hydroxylation sites is 1. The van der Waals surface area contributed by atoms with Crippen LogP contribution in [0, 0.1) is 0 Å². The van der Waals surface area contributed by atoms with Gasteiger partial charge in [0.1, 0.15) is 5.82 Å². The van der Waals surface area contributed by atoms with Crippen molar-refractivity contribution in [2.24, 2.45) is 0 Å². The Labute approximate surface area is 119 Å². The second-order valence-corrected chi connectivity index (χ2v) is 4.78. The Kier molecular flexibility index (Phi) is 4.40. The number of unbranched alkanes of at least 4 members (excludes halogenated alkanes) is 1. The number of rotatable bonds is 5. The Morgan fingerprint density at radius 1 is 1.35 bits per heavy atom. The van der Waals surface area contributed by atoms with Gasteiger partial charge in [-0.25, -0.2) is 4.68 Å². The molecule has 0 saturated heterocycles. The largest absolute Gasteiger partial charge is 0.384 e. The average Bonchev–Trinajstić information content (AvgIpc) is 2.86. The molecule has 0 spiro atoms. The van der Waals surface area contributed by atoms with Crippen molar-refractivity contribution >= 4 is 11.7 Å². The van der Waals surface area contributed by atoms with Gasteiger partial charge in [0.15, 0.2) is 5.69 Å². The molecule has 5 heteroatoms. The van der Waals surface area contributed by atoms with Crippen LogP contribution in [0.4, 0.5) is 5.82 Å². The van der Waals surface area contributed by atoms with Gasteiger partial charge in [-0.2, -0.15) is 5.10 Å². The molecule has 1 aromatic heterocycles. The fraction of sp³-hybridized carbons (Fsp3) is 0.333. The number of hydrogen-bond acceptors (Lipinski definition) is 3. The van der Waals surface area contributed by atoms with Gasteiger partial charge in [0.25, 0.3) is 5.91 Å². The van der Waals surface area contributed by atoms with E-state index in [0.29, 0.717) is 11.5 Å². The molecule has 20 heavy (non-hydrogen) atoms. The van der Waals surface area contributed by atoms with E-state index < -0.39 is 0 Å². The first-order valence-electron chi connectivity index (χ1n) is 6.80. The smallest absolute Gasteiger partial charge is 0.274 e. The molecule has 0 bridgehead atoms.